The van der Waals surface area contributed by atoms with E-state index >= 15 is 0 Å². The second-order valence-corrected chi connectivity index (χ2v) is 24.5. The normalized spacial score (nSPS) is 13.7. The molecule has 0 unspecified atom stereocenters. The zero-order chi connectivity index (χ0) is 64.6. The molecule has 97 heavy (non-hydrogen) atoms. The molecule has 2 aromatic heterocycles. The zero-order valence-electron chi connectivity index (χ0n) is 53.0. The van der Waals surface area contributed by atoms with Crippen LogP contribution in [0.4, 0.5) is 5.69 Å². The van der Waals surface area contributed by atoms with E-state index in [0.29, 0.717) is 5.69 Å². The number of aliphatic imine (C=N–C) groups is 2. The SMILES string of the molecule is Nc1ccc(C2=C3N=C(C(c4ccccc4)=C3c3ccccc3)C(c3ccccc3)=c3[nH]c(c(-c4ccccc4)c3-c3ccccc3)=C(c3ccccc3)C3=NC(=C(c4ccccc4)c4[nH]c2c(-c2ccccc2)c4-c2ccccc2)C(c2ccccc2)=C3c2ccccc2)cc1. The molecule has 17 rings (SSSR count). The van der Waals surface area contributed by atoms with Gasteiger partial charge >= 0.3 is 0 Å². The van der Waals surface area contributed by atoms with Gasteiger partial charge in [0.15, 0.2) is 0 Å². The number of nitrogens with two attached hydrogens (primary N) is 1. The lowest BCUT2D eigenvalue weighted by molar-refractivity contribution is 1.25. The van der Waals surface area contributed by atoms with Crippen LogP contribution in [0.5, 0.6) is 0 Å². The molecule has 5 nitrogen and oxygen atoms in total. The minimum Gasteiger partial charge on any atom is -0.399 e. The second kappa shape index (κ2) is 25.2. The van der Waals surface area contributed by atoms with E-state index < -0.39 is 0 Å². The molecule has 14 aromatic rings. The van der Waals surface area contributed by atoms with Gasteiger partial charge in [-0.2, -0.15) is 0 Å². The van der Waals surface area contributed by atoms with Gasteiger partial charge in [-0.05, 0) is 78.9 Å². The van der Waals surface area contributed by atoms with Crippen molar-refractivity contribution in [3.05, 3.63) is 436 Å². The average Bonchev–Trinajstić information content (AvgIpc) is 1.55. The number of H-pyrrole nitrogens is 2. The molecule has 0 spiro atoms. The monoisotopic (exact) mass is 1240 g/mol. The first-order valence-electron chi connectivity index (χ1n) is 33.0. The Morgan fingerprint density at radius 3 is 0.680 bits per heavy atom. The summed E-state index contributed by atoms with van der Waals surface area (Å²) in [6, 6.07) is 128. The van der Waals surface area contributed by atoms with Crippen LogP contribution in [0.3, 0.4) is 0 Å². The van der Waals surface area contributed by atoms with Crippen molar-refractivity contribution in [1.82, 2.24) is 9.97 Å². The van der Waals surface area contributed by atoms with Gasteiger partial charge in [0.25, 0.3) is 0 Å². The fourth-order valence-corrected chi connectivity index (χ4v) is 14.6. The third kappa shape index (κ3) is 10.4. The van der Waals surface area contributed by atoms with Gasteiger partial charge in [-0.15, -0.1) is 0 Å². The van der Waals surface area contributed by atoms with Crippen molar-refractivity contribution in [3.8, 4) is 44.5 Å². The fourth-order valence-electron chi connectivity index (χ4n) is 14.6. The van der Waals surface area contributed by atoms with E-state index in [2.05, 4.69) is 356 Å². The fraction of sp³-hybridized carbons (Fsp3) is 0. The predicted octanol–water partition coefficient (Wildman–Crippen LogP) is 20.4. The quantitative estimate of drug-likeness (QED) is 0.105. The van der Waals surface area contributed by atoms with Gasteiger partial charge in [0.1, 0.15) is 0 Å². The summed E-state index contributed by atoms with van der Waals surface area (Å²) in [4.78, 5) is 21.9. The molecule has 4 N–H and O–H groups in total. The van der Waals surface area contributed by atoms with Gasteiger partial charge in [-0.1, -0.05) is 346 Å². The first kappa shape index (κ1) is 57.9. The van der Waals surface area contributed by atoms with E-state index in [0.717, 1.165) is 179 Å². The number of allylic oxidation sites excluding steroid dienone is 4. The molecule has 0 saturated heterocycles. The third-order valence-electron chi connectivity index (χ3n) is 18.7. The molecule has 4 heterocycles. The number of anilines is 1. The lowest BCUT2D eigenvalue weighted by atomic mass is 9.83. The molecular weight excluding hydrogens is 1180 g/mol. The highest BCUT2D eigenvalue weighted by Crippen LogP contribution is 2.54. The molecule has 1 aliphatic carbocycles. The van der Waals surface area contributed by atoms with Crippen LogP contribution >= 0.6 is 0 Å². The van der Waals surface area contributed by atoms with Crippen LogP contribution in [0, 0.1) is 0 Å². The van der Waals surface area contributed by atoms with Crippen molar-refractivity contribution in [2.45, 2.75) is 0 Å². The van der Waals surface area contributed by atoms with Crippen LogP contribution in [0.2, 0.25) is 0 Å². The van der Waals surface area contributed by atoms with Crippen LogP contribution in [-0.2, 0) is 0 Å². The average molecular weight is 1240 g/mol. The molecule has 456 valence electrons. The van der Waals surface area contributed by atoms with Crippen molar-refractivity contribution in [2.24, 2.45) is 9.98 Å². The smallest absolute Gasteiger partial charge is 0.0822 e. The van der Waals surface area contributed by atoms with Gasteiger partial charge in [-0.3, -0.25) is 0 Å². The Morgan fingerprint density at radius 1 is 0.186 bits per heavy atom. The van der Waals surface area contributed by atoms with Crippen molar-refractivity contribution in [3.63, 3.8) is 0 Å². The maximum Gasteiger partial charge on any atom is 0.0822 e. The highest BCUT2D eigenvalue weighted by Gasteiger charge is 2.39. The van der Waals surface area contributed by atoms with Crippen molar-refractivity contribution in [1.29, 1.82) is 0 Å². The molecule has 0 radical (unpaired) electrons. The number of fused-ring (bicyclic) bond motifs is 10. The third-order valence-corrected chi connectivity index (χ3v) is 18.7. The summed E-state index contributed by atoms with van der Waals surface area (Å²) in [5, 5.41) is 1.80. The topological polar surface area (TPSA) is 82.3 Å². The number of nitrogen functional groups attached to an aromatic ring is 1. The Balaban J connectivity index is 1.24. The van der Waals surface area contributed by atoms with Crippen LogP contribution in [0.15, 0.2) is 379 Å². The van der Waals surface area contributed by atoms with Gasteiger partial charge < -0.3 is 15.7 Å². The lowest BCUT2D eigenvalue weighted by Crippen LogP contribution is -2.23. The summed E-state index contributed by atoms with van der Waals surface area (Å²) < 4.78 is 0. The van der Waals surface area contributed by atoms with Gasteiger partial charge in [0.05, 0.1) is 44.9 Å². The van der Waals surface area contributed by atoms with Crippen molar-refractivity contribution in [2.75, 3.05) is 5.73 Å². The van der Waals surface area contributed by atoms with Crippen LogP contribution in [0.1, 0.15) is 55.9 Å². The number of hydrogen-bond acceptors (Lipinski definition) is 3. The summed E-state index contributed by atoms with van der Waals surface area (Å²) in [5.74, 6) is 0. The van der Waals surface area contributed by atoms with E-state index in [1.54, 1.807) is 0 Å². The zero-order valence-corrected chi connectivity index (χ0v) is 53.0. The van der Waals surface area contributed by atoms with Gasteiger partial charge in [0.2, 0.25) is 0 Å². The Morgan fingerprint density at radius 2 is 0.402 bits per heavy atom. The predicted molar refractivity (Wildman–Crippen MR) is 404 cm³/mol. The molecule has 0 amide bonds. The highest BCUT2D eigenvalue weighted by atomic mass is 14.9. The summed E-state index contributed by atoms with van der Waals surface area (Å²) >= 11 is 0. The molecule has 5 heteroatoms. The minimum atomic E-state index is 0.652. The van der Waals surface area contributed by atoms with E-state index in [1.807, 2.05) is 12.1 Å². The number of nitrogens with zero attached hydrogens (tertiary/aromatic N) is 2. The molecule has 2 aliphatic heterocycles. The van der Waals surface area contributed by atoms with E-state index in [1.165, 1.54) is 0 Å². The second-order valence-electron chi connectivity index (χ2n) is 24.5. The Hall–Kier alpha value is -13.0. The van der Waals surface area contributed by atoms with E-state index in [-0.39, 0.29) is 0 Å². The number of rotatable bonds is 12. The summed E-state index contributed by atoms with van der Waals surface area (Å²) in [6.07, 6.45) is 0. The number of aromatic nitrogens is 2. The molecule has 0 fully saturated rings. The molecule has 8 bridgehead atoms. The van der Waals surface area contributed by atoms with E-state index in [4.69, 9.17) is 15.7 Å². The number of benzene rings is 12. The molecule has 0 atom stereocenters. The van der Waals surface area contributed by atoms with Gasteiger partial charge in [-0.25, -0.2) is 9.98 Å². The van der Waals surface area contributed by atoms with Crippen LogP contribution < -0.4 is 16.4 Å². The highest BCUT2D eigenvalue weighted by molar-refractivity contribution is 6.53. The van der Waals surface area contributed by atoms with Crippen molar-refractivity contribution >= 4 is 61.7 Å². The summed E-state index contributed by atoms with van der Waals surface area (Å²) in [6.45, 7) is 0. The maximum absolute atomic E-state index is 6.82. The number of aromatic amines is 2. The van der Waals surface area contributed by atoms with Crippen LogP contribution in [0.25, 0.3) is 89.1 Å². The van der Waals surface area contributed by atoms with E-state index in [9.17, 15) is 0 Å². The maximum atomic E-state index is 6.82. The number of nitrogens with one attached hydrogen (secondary N) is 2. The molecule has 12 aromatic carbocycles. The first-order valence-corrected chi connectivity index (χ1v) is 33.0. The first-order chi connectivity index (χ1) is 48.1. The summed E-state index contributed by atoms with van der Waals surface area (Å²) in [7, 11) is 0. The Bertz CT molecular complexity index is 5620. The molecule has 0 saturated carbocycles. The van der Waals surface area contributed by atoms with Crippen LogP contribution in [-0.4, -0.2) is 21.4 Å². The molecule has 3 aliphatic rings. The van der Waals surface area contributed by atoms with Gasteiger partial charge in [0, 0.05) is 72.5 Å². The Labute approximate surface area is 564 Å². The summed E-state index contributed by atoms with van der Waals surface area (Å²) in [5.41, 5.74) is 36.2. The number of hydrogen-bond donors (Lipinski definition) is 3. The largest absolute Gasteiger partial charge is 0.399 e. The standard InChI is InChI=1S/C92H63N5/c93-72-58-56-71(57-59-72)84-91-79(66-46-24-7-25-47-66)77(64-42-20-5-21-43-64)89(96-91)82(69-52-30-10-31-53-69)87-75(62-38-16-3-17-39-62)73(60-34-12-1-13-35-60)85(94-87)81(68-50-28-9-29-51-68)86-74(61-36-14-2-15-37-61)76(63-40-18-4-19-41-63)88(95-86)83(70-54-32-11-33-55-70)90-78(65-44-22-6-23-45-65)80(92(84)97-90)67-48-26-8-27-49-67/h1-59,94,97H,93H2. The van der Waals surface area contributed by atoms with Crippen molar-refractivity contribution < 1.29 is 0 Å². The lowest BCUT2D eigenvalue weighted by Gasteiger charge is -2.17. The molecular formula is C92H63N5. The Kier molecular flexibility index (Phi) is 15.0. The minimum absolute atomic E-state index is 0.652.